The number of hydrogen-bond acceptors (Lipinski definition) is 6. The van der Waals surface area contributed by atoms with Crippen LogP contribution in [-0.4, -0.2) is 31.5 Å². The summed E-state index contributed by atoms with van der Waals surface area (Å²) in [6.45, 7) is 0. The predicted molar refractivity (Wildman–Crippen MR) is 125 cm³/mol. The number of thioether (sulfide) groups is 1. The molecule has 4 aromatic rings. The van der Waals surface area contributed by atoms with E-state index < -0.39 is 0 Å². The normalized spacial score (nSPS) is 10.7. The SMILES string of the molecule is Cn1c(SCC(=O)Nc2ccc(Oc3ccc(Cl)cc3)cc2)nnc1-c1ccccc1O. The molecular weight excluding hydrogens is 448 g/mol. The topological polar surface area (TPSA) is 89.3 Å². The second-order valence-corrected chi connectivity index (χ2v) is 8.18. The number of para-hydroxylation sites is 1. The first-order chi connectivity index (χ1) is 15.5. The number of amides is 1. The summed E-state index contributed by atoms with van der Waals surface area (Å²) in [6, 6.07) is 21.1. The molecule has 0 aliphatic rings. The minimum atomic E-state index is -0.173. The first-order valence-electron chi connectivity index (χ1n) is 9.63. The monoisotopic (exact) mass is 466 g/mol. The third-order valence-corrected chi connectivity index (χ3v) is 5.77. The standard InChI is InChI=1S/C23H19ClN4O3S/c1-28-22(19-4-2-3-5-20(19)29)26-27-23(28)32-14-21(30)25-16-8-12-18(13-9-16)31-17-10-6-15(24)7-11-17/h2-13,29H,14H2,1H3,(H,25,30). The van der Waals surface area contributed by atoms with E-state index in [1.165, 1.54) is 11.8 Å². The van der Waals surface area contributed by atoms with E-state index in [-0.39, 0.29) is 17.4 Å². The highest BCUT2D eigenvalue weighted by atomic mass is 35.5. The maximum Gasteiger partial charge on any atom is 0.234 e. The third-order valence-electron chi connectivity index (χ3n) is 4.50. The zero-order chi connectivity index (χ0) is 22.5. The summed E-state index contributed by atoms with van der Waals surface area (Å²) in [5.41, 5.74) is 1.24. The number of carbonyl (C=O) groups excluding carboxylic acids is 1. The Kier molecular flexibility index (Phi) is 6.63. The molecule has 1 aromatic heterocycles. The number of benzene rings is 3. The van der Waals surface area contributed by atoms with Gasteiger partial charge in [0.1, 0.15) is 17.2 Å². The molecule has 7 nitrogen and oxygen atoms in total. The summed E-state index contributed by atoms with van der Waals surface area (Å²) >= 11 is 7.14. The number of hydrogen-bond donors (Lipinski definition) is 2. The van der Waals surface area contributed by atoms with Gasteiger partial charge >= 0.3 is 0 Å². The van der Waals surface area contributed by atoms with Gasteiger partial charge in [0.15, 0.2) is 11.0 Å². The lowest BCUT2D eigenvalue weighted by Crippen LogP contribution is -2.14. The number of rotatable bonds is 7. The lowest BCUT2D eigenvalue weighted by molar-refractivity contribution is -0.113. The Hall–Kier alpha value is -3.49. The lowest BCUT2D eigenvalue weighted by atomic mass is 10.2. The minimum absolute atomic E-state index is 0.126. The summed E-state index contributed by atoms with van der Waals surface area (Å²) in [6.07, 6.45) is 0. The minimum Gasteiger partial charge on any atom is -0.507 e. The van der Waals surface area contributed by atoms with Crippen LogP contribution in [0.15, 0.2) is 78.0 Å². The molecule has 0 spiro atoms. The molecule has 2 N–H and O–H groups in total. The lowest BCUT2D eigenvalue weighted by Gasteiger charge is -2.08. The van der Waals surface area contributed by atoms with Crippen molar-refractivity contribution in [1.29, 1.82) is 0 Å². The number of phenols is 1. The van der Waals surface area contributed by atoms with Crippen LogP contribution in [0.5, 0.6) is 17.2 Å². The molecule has 0 atom stereocenters. The molecule has 1 heterocycles. The second kappa shape index (κ2) is 9.76. The Bertz CT molecular complexity index is 1230. The van der Waals surface area contributed by atoms with Crippen molar-refractivity contribution in [2.75, 3.05) is 11.1 Å². The fourth-order valence-electron chi connectivity index (χ4n) is 2.91. The number of carbonyl (C=O) groups is 1. The number of aromatic nitrogens is 3. The van der Waals surface area contributed by atoms with Crippen LogP contribution in [0.1, 0.15) is 0 Å². The molecule has 0 saturated carbocycles. The van der Waals surface area contributed by atoms with Gasteiger partial charge in [-0.25, -0.2) is 0 Å². The van der Waals surface area contributed by atoms with E-state index in [1.807, 2.05) is 6.07 Å². The number of halogens is 1. The number of nitrogens with one attached hydrogen (secondary N) is 1. The molecule has 0 bridgehead atoms. The maximum atomic E-state index is 12.4. The quantitative estimate of drug-likeness (QED) is 0.356. The second-order valence-electron chi connectivity index (χ2n) is 6.80. The van der Waals surface area contributed by atoms with Crippen molar-refractivity contribution in [3.05, 3.63) is 77.8 Å². The summed E-state index contributed by atoms with van der Waals surface area (Å²) in [4.78, 5) is 12.4. The molecule has 162 valence electrons. The van der Waals surface area contributed by atoms with Gasteiger partial charge in [-0.1, -0.05) is 35.5 Å². The molecule has 0 radical (unpaired) electrons. The fraction of sp³-hybridized carbons (Fsp3) is 0.0870. The molecule has 9 heteroatoms. The smallest absolute Gasteiger partial charge is 0.234 e. The Morgan fingerprint density at radius 1 is 1.03 bits per heavy atom. The molecule has 0 aliphatic heterocycles. The molecule has 3 aromatic carbocycles. The Balaban J connectivity index is 1.32. The highest BCUT2D eigenvalue weighted by Crippen LogP contribution is 2.29. The van der Waals surface area contributed by atoms with Crippen LogP contribution in [0, 0.1) is 0 Å². The van der Waals surface area contributed by atoms with Gasteiger partial charge in [-0.15, -0.1) is 10.2 Å². The first kappa shape index (κ1) is 21.7. The molecule has 0 aliphatic carbocycles. The van der Waals surface area contributed by atoms with Crippen molar-refractivity contribution in [1.82, 2.24) is 14.8 Å². The number of nitrogens with zero attached hydrogens (tertiary/aromatic N) is 3. The molecular formula is C23H19ClN4O3S. The van der Waals surface area contributed by atoms with Crippen molar-refractivity contribution in [2.24, 2.45) is 7.05 Å². The van der Waals surface area contributed by atoms with E-state index in [0.29, 0.717) is 38.8 Å². The molecule has 0 saturated heterocycles. The van der Waals surface area contributed by atoms with Crippen molar-refractivity contribution < 1.29 is 14.6 Å². The molecule has 32 heavy (non-hydrogen) atoms. The van der Waals surface area contributed by atoms with Gasteiger partial charge in [-0.05, 0) is 60.7 Å². The van der Waals surface area contributed by atoms with Crippen LogP contribution in [0.4, 0.5) is 5.69 Å². The van der Waals surface area contributed by atoms with Crippen LogP contribution in [0.3, 0.4) is 0 Å². The molecule has 1 amide bonds. The summed E-state index contributed by atoms with van der Waals surface area (Å²) in [5.74, 6) is 1.97. The largest absolute Gasteiger partial charge is 0.507 e. The predicted octanol–water partition coefficient (Wildman–Crippen LogP) is 5.36. The van der Waals surface area contributed by atoms with Gasteiger partial charge in [-0.3, -0.25) is 4.79 Å². The molecule has 4 rings (SSSR count). The van der Waals surface area contributed by atoms with Gasteiger partial charge < -0.3 is 19.7 Å². The van der Waals surface area contributed by atoms with Crippen molar-refractivity contribution >= 4 is 35.0 Å². The molecule has 0 unspecified atom stereocenters. The zero-order valence-electron chi connectivity index (χ0n) is 17.0. The number of anilines is 1. The van der Waals surface area contributed by atoms with Gasteiger partial charge in [0.05, 0.1) is 11.3 Å². The summed E-state index contributed by atoms with van der Waals surface area (Å²) in [7, 11) is 1.79. The Morgan fingerprint density at radius 2 is 1.69 bits per heavy atom. The Morgan fingerprint density at radius 3 is 2.38 bits per heavy atom. The van der Waals surface area contributed by atoms with Crippen molar-refractivity contribution in [3.8, 4) is 28.6 Å². The number of aromatic hydroxyl groups is 1. The average Bonchev–Trinajstić information content (AvgIpc) is 3.16. The van der Waals surface area contributed by atoms with E-state index in [2.05, 4.69) is 15.5 Å². The fourth-order valence-corrected chi connectivity index (χ4v) is 3.75. The number of ether oxygens (including phenoxy) is 1. The summed E-state index contributed by atoms with van der Waals surface area (Å²) in [5, 5.41) is 22.4. The van der Waals surface area contributed by atoms with Gasteiger partial charge in [0.2, 0.25) is 5.91 Å². The van der Waals surface area contributed by atoms with Crippen LogP contribution in [0.25, 0.3) is 11.4 Å². The van der Waals surface area contributed by atoms with Crippen molar-refractivity contribution in [3.63, 3.8) is 0 Å². The van der Waals surface area contributed by atoms with Crippen LogP contribution in [0.2, 0.25) is 5.02 Å². The zero-order valence-corrected chi connectivity index (χ0v) is 18.6. The Labute approximate surface area is 194 Å². The van der Waals surface area contributed by atoms with Gasteiger partial charge in [0, 0.05) is 17.8 Å². The van der Waals surface area contributed by atoms with Crippen molar-refractivity contribution in [2.45, 2.75) is 5.16 Å². The average molecular weight is 467 g/mol. The third kappa shape index (κ3) is 5.22. The van der Waals surface area contributed by atoms with Crippen LogP contribution in [-0.2, 0) is 11.8 Å². The van der Waals surface area contributed by atoms with E-state index in [0.717, 1.165) is 0 Å². The first-order valence-corrected chi connectivity index (χ1v) is 11.0. The van der Waals surface area contributed by atoms with Gasteiger partial charge in [-0.2, -0.15) is 0 Å². The van der Waals surface area contributed by atoms with Gasteiger partial charge in [0.25, 0.3) is 0 Å². The van der Waals surface area contributed by atoms with Crippen LogP contribution >= 0.6 is 23.4 Å². The van der Waals surface area contributed by atoms with E-state index in [9.17, 15) is 9.90 Å². The van der Waals surface area contributed by atoms with E-state index >= 15 is 0 Å². The molecule has 0 fully saturated rings. The number of phenolic OH excluding ortho intramolecular Hbond substituents is 1. The maximum absolute atomic E-state index is 12.4. The highest BCUT2D eigenvalue weighted by Gasteiger charge is 2.15. The van der Waals surface area contributed by atoms with E-state index in [4.69, 9.17) is 16.3 Å². The summed E-state index contributed by atoms with van der Waals surface area (Å²) < 4.78 is 7.49. The van der Waals surface area contributed by atoms with E-state index in [1.54, 1.807) is 78.3 Å². The van der Waals surface area contributed by atoms with Crippen LogP contribution < -0.4 is 10.1 Å². The highest BCUT2D eigenvalue weighted by molar-refractivity contribution is 7.99.